The van der Waals surface area contributed by atoms with Gasteiger partial charge in [-0.1, -0.05) is 30.3 Å². The van der Waals surface area contributed by atoms with Gasteiger partial charge in [0.1, 0.15) is 0 Å². The molecule has 1 heterocycles. The molecule has 1 amide bonds. The van der Waals surface area contributed by atoms with Crippen LogP contribution in [0.1, 0.15) is 12.5 Å². The topological polar surface area (TPSA) is 32.7 Å². The van der Waals surface area contributed by atoms with E-state index in [4.69, 9.17) is 0 Å². The maximum atomic E-state index is 11.4. The first-order valence-electron chi connectivity index (χ1n) is 4.84. The van der Waals surface area contributed by atoms with E-state index in [2.05, 4.69) is 4.99 Å². The van der Waals surface area contributed by atoms with Gasteiger partial charge in [-0.15, -0.1) is 0 Å². The van der Waals surface area contributed by atoms with Crippen LogP contribution in [0.2, 0.25) is 0 Å². The third kappa shape index (κ3) is 1.96. The lowest BCUT2D eigenvalue weighted by Gasteiger charge is -2.24. The molecule has 0 bridgehead atoms. The van der Waals surface area contributed by atoms with E-state index in [0.29, 0.717) is 6.54 Å². The summed E-state index contributed by atoms with van der Waals surface area (Å²) in [6.45, 7) is 2.12. The van der Waals surface area contributed by atoms with Gasteiger partial charge in [0.05, 0.1) is 18.4 Å². The SMILES string of the molecule is CC(=O)N1CC=NC=C1c1ccccc1. The van der Waals surface area contributed by atoms with Crippen molar-refractivity contribution in [2.24, 2.45) is 4.99 Å². The van der Waals surface area contributed by atoms with E-state index in [1.807, 2.05) is 30.3 Å². The zero-order valence-corrected chi connectivity index (χ0v) is 8.55. The van der Waals surface area contributed by atoms with E-state index >= 15 is 0 Å². The highest BCUT2D eigenvalue weighted by atomic mass is 16.2. The molecule has 1 aliphatic rings. The Morgan fingerprint density at radius 1 is 1.33 bits per heavy atom. The van der Waals surface area contributed by atoms with Gasteiger partial charge < -0.3 is 4.90 Å². The number of aliphatic imine (C=N–C) groups is 1. The van der Waals surface area contributed by atoms with Crippen LogP contribution in [0, 0.1) is 0 Å². The zero-order valence-electron chi connectivity index (χ0n) is 8.55. The van der Waals surface area contributed by atoms with Gasteiger partial charge >= 0.3 is 0 Å². The molecule has 1 aliphatic heterocycles. The van der Waals surface area contributed by atoms with Crippen molar-refractivity contribution >= 4 is 17.8 Å². The molecule has 0 saturated heterocycles. The molecule has 0 spiro atoms. The van der Waals surface area contributed by atoms with Crippen LogP contribution in [0.25, 0.3) is 5.70 Å². The summed E-state index contributed by atoms with van der Waals surface area (Å²) in [6.07, 6.45) is 3.45. The Balaban J connectivity index is 2.38. The molecule has 3 nitrogen and oxygen atoms in total. The van der Waals surface area contributed by atoms with Crippen molar-refractivity contribution in [2.75, 3.05) is 6.54 Å². The summed E-state index contributed by atoms with van der Waals surface area (Å²) in [6, 6.07) is 9.80. The first-order valence-corrected chi connectivity index (χ1v) is 4.84. The van der Waals surface area contributed by atoms with Crippen molar-refractivity contribution in [1.29, 1.82) is 0 Å². The highest BCUT2D eigenvalue weighted by Crippen LogP contribution is 2.20. The molecule has 0 atom stereocenters. The largest absolute Gasteiger partial charge is 0.305 e. The molecule has 76 valence electrons. The van der Waals surface area contributed by atoms with Gasteiger partial charge in [-0.3, -0.25) is 9.79 Å². The minimum absolute atomic E-state index is 0.0382. The molecule has 3 heteroatoms. The Morgan fingerprint density at radius 2 is 2.07 bits per heavy atom. The fourth-order valence-corrected chi connectivity index (χ4v) is 1.56. The third-order valence-electron chi connectivity index (χ3n) is 2.31. The van der Waals surface area contributed by atoms with Crippen LogP contribution in [0.3, 0.4) is 0 Å². The van der Waals surface area contributed by atoms with E-state index in [9.17, 15) is 4.79 Å². The summed E-state index contributed by atoms with van der Waals surface area (Å²) in [5, 5.41) is 0. The fourth-order valence-electron chi connectivity index (χ4n) is 1.56. The number of amides is 1. The smallest absolute Gasteiger partial charge is 0.224 e. The van der Waals surface area contributed by atoms with Crippen molar-refractivity contribution in [3.8, 4) is 0 Å². The molecule has 2 rings (SSSR count). The summed E-state index contributed by atoms with van der Waals surface area (Å²) in [5.74, 6) is 0.0382. The molecule has 0 radical (unpaired) electrons. The number of benzene rings is 1. The minimum Gasteiger partial charge on any atom is -0.305 e. The van der Waals surface area contributed by atoms with Crippen molar-refractivity contribution in [1.82, 2.24) is 4.90 Å². The lowest BCUT2D eigenvalue weighted by molar-refractivity contribution is -0.125. The van der Waals surface area contributed by atoms with Crippen LogP contribution in [0.5, 0.6) is 0 Å². The van der Waals surface area contributed by atoms with E-state index in [1.165, 1.54) is 0 Å². The van der Waals surface area contributed by atoms with Gasteiger partial charge in [0, 0.05) is 13.1 Å². The summed E-state index contributed by atoms with van der Waals surface area (Å²) < 4.78 is 0. The van der Waals surface area contributed by atoms with Crippen molar-refractivity contribution in [3.05, 3.63) is 42.1 Å². The first kappa shape index (κ1) is 9.65. The molecule has 0 aromatic heterocycles. The third-order valence-corrected chi connectivity index (χ3v) is 2.31. The number of hydrogen-bond donors (Lipinski definition) is 0. The second-order valence-electron chi connectivity index (χ2n) is 3.34. The van der Waals surface area contributed by atoms with Gasteiger partial charge in [0.25, 0.3) is 0 Å². The van der Waals surface area contributed by atoms with Gasteiger partial charge in [-0.25, -0.2) is 0 Å². The molecule has 0 N–H and O–H groups in total. The normalized spacial score (nSPS) is 15.0. The zero-order chi connectivity index (χ0) is 10.7. The van der Waals surface area contributed by atoms with E-state index in [1.54, 1.807) is 24.2 Å². The predicted octanol–water partition coefficient (Wildman–Crippen LogP) is 1.92. The van der Waals surface area contributed by atoms with E-state index in [-0.39, 0.29) is 5.91 Å². The standard InChI is InChI=1S/C12H12N2O/c1-10(15)14-8-7-13-9-12(14)11-5-3-2-4-6-11/h2-7,9H,8H2,1H3. The summed E-state index contributed by atoms with van der Waals surface area (Å²) in [4.78, 5) is 17.2. The second kappa shape index (κ2) is 4.09. The number of carbonyl (C=O) groups is 1. The monoisotopic (exact) mass is 200 g/mol. The maximum absolute atomic E-state index is 11.4. The van der Waals surface area contributed by atoms with Crippen LogP contribution in [-0.2, 0) is 4.79 Å². The molecule has 1 aromatic rings. The Labute approximate surface area is 88.7 Å². The lowest BCUT2D eigenvalue weighted by Crippen LogP contribution is -2.30. The van der Waals surface area contributed by atoms with Crippen LogP contribution >= 0.6 is 0 Å². The summed E-state index contributed by atoms with van der Waals surface area (Å²) in [7, 11) is 0. The van der Waals surface area contributed by atoms with Crippen LogP contribution in [-0.4, -0.2) is 23.6 Å². The lowest BCUT2D eigenvalue weighted by atomic mass is 10.1. The average Bonchev–Trinajstić information content (AvgIpc) is 2.30. The van der Waals surface area contributed by atoms with Crippen molar-refractivity contribution in [3.63, 3.8) is 0 Å². The van der Waals surface area contributed by atoms with E-state index < -0.39 is 0 Å². The maximum Gasteiger partial charge on any atom is 0.224 e. The molecule has 0 unspecified atom stereocenters. The second-order valence-corrected chi connectivity index (χ2v) is 3.34. The summed E-state index contributed by atoms with van der Waals surface area (Å²) >= 11 is 0. The Morgan fingerprint density at radius 3 is 2.73 bits per heavy atom. The molecular weight excluding hydrogens is 188 g/mol. The Kier molecular flexibility index (Phi) is 2.63. The highest BCUT2D eigenvalue weighted by molar-refractivity contribution is 5.89. The Hall–Kier alpha value is -1.90. The first-order chi connectivity index (χ1) is 7.29. The van der Waals surface area contributed by atoms with Crippen molar-refractivity contribution in [2.45, 2.75) is 6.92 Å². The van der Waals surface area contributed by atoms with Crippen LogP contribution in [0.4, 0.5) is 0 Å². The van der Waals surface area contributed by atoms with Gasteiger partial charge in [0.15, 0.2) is 0 Å². The van der Waals surface area contributed by atoms with Crippen LogP contribution < -0.4 is 0 Å². The van der Waals surface area contributed by atoms with Crippen LogP contribution in [0.15, 0.2) is 41.5 Å². The fraction of sp³-hybridized carbons (Fsp3) is 0.167. The molecule has 0 saturated carbocycles. The van der Waals surface area contributed by atoms with Gasteiger partial charge in [-0.2, -0.15) is 0 Å². The molecule has 15 heavy (non-hydrogen) atoms. The molecule has 1 aromatic carbocycles. The van der Waals surface area contributed by atoms with Gasteiger partial charge in [-0.05, 0) is 5.56 Å². The predicted molar refractivity (Wildman–Crippen MR) is 60.3 cm³/mol. The molecule has 0 fully saturated rings. The number of carbonyl (C=O) groups excluding carboxylic acids is 1. The van der Waals surface area contributed by atoms with Crippen molar-refractivity contribution < 1.29 is 4.79 Å². The molecular formula is C12H12N2O. The highest BCUT2D eigenvalue weighted by Gasteiger charge is 2.16. The minimum atomic E-state index is 0.0382. The average molecular weight is 200 g/mol. The molecule has 0 aliphatic carbocycles. The van der Waals surface area contributed by atoms with Gasteiger partial charge in [0.2, 0.25) is 5.91 Å². The Bertz CT molecular complexity index is 421. The van der Waals surface area contributed by atoms with E-state index in [0.717, 1.165) is 11.3 Å². The number of nitrogens with zero attached hydrogens (tertiary/aromatic N) is 2. The summed E-state index contributed by atoms with van der Waals surface area (Å²) in [5.41, 5.74) is 1.88. The number of hydrogen-bond acceptors (Lipinski definition) is 2. The quantitative estimate of drug-likeness (QED) is 0.681. The number of rotatable bonds is 1.